The predicted molar refractivity (Wildman–Crippen MR) is 73.3 cm³/mol. The lowest BCUT2D eigenvalue weighted by Gasteiger charge is -2.14. The number of rotatable bonds is 6. The van der Waals surface area contributed by atoms with Gasteiger partial charge in [-0.2, -0.15) is 9.40 Å². The molecule has 1 fully saturated rings. The molecule has 19 heavy (non-hydrogen) atoms. The molecule has 1 aromatic rings. The second-order valence-electron chi connectivity index (χ2n) is 5.05. The fourth-order valence-corrected chi connectivity index (χ4v) is 3.76. The number of hydrogen-bond acceptors (Lipinski definition) is 4. The zero-order chi connectivity index (χ0) is 13.9. The molecule has 1 unspecified atom stereocenters. The zero-order valence-corrected chi connectivity index (χ0v) is 12.4. The number of hydrogen-bond donors (Lipinski definition) is 1. The summed E-state index contributed by atoms with van der Waals surface area (Å²) in [7, 11) is -3.35. The van der Waals surface area contributed by atoms with Gasteiger partial charge in [0.1, 0.15) is 4.90 Å². The number of nitrogens with one attached hydrogen (secondary N) is 1. The van der Waals surface area contributed by atoms with E-state index in [9.17, 15) is 8.42 Å². The van der Waals surface area contributed by atoms with Crippen molar-refractivity contribution in [1.29, 1.82) is 0 Å². The first-order chi connectivity index (χ1) is 9.04. The highest BCUT2D eigenvalue weighted by molar-refractivity contribution is 7.89. The lowest BCUT2D eigenvalue weighted by molar-refractivity contribution is 0.464. The van der Waals surface area contributed by atoms with Crippen molar-refractivity contribution in [2.24, 2.45) is 5.92 Å². The van der Waals surface area contributed by atoms with Crippen LogP contribution in [0.3, 0.4) is 0 Å². The maximum atomic E-state index is 12.4. The van der Waals surface area contributed by atoms with Crippen LogP contribution in [0.1, 0.15) is 20.3 Å². The predicted octanol–water partition coefficient (Wildman–Crippen LogP) is 0.523. The Hall–Kier alpha value is -0.920. The van der Waals surface area contributed by atoms with Crippen LogP contribution in [-0.4, -0.2) is 48.7 Å². The Bertz CT molecular complexity index is 512. The second kappa shape index (κ2) is 6.02. The van der Waals surface area contributed by atoms with Crippen LogP contribution in [0.4, 0.5) is 0 Å². The van der Waals surface area contributed by atoms with E-state index < -0.39 is 10.0 Å². The molecule has 1 atom stereocenters. The van der Waals surface area contributed by atoms with Gasteiger partial charge < -0.3 is 5.32 Å². The standard InChI is InChI=1S/C12H22N4O2S/c1-3-13-5-7-15-10-12(8-14-15)19(17,18)16-6-4-11(2)9-16/h8,10-11,13H,3-7,9H2,1-2H3. The van der Waals surface area contributed by atoms with Crippen LogP contribution in [0.2, 0.25) is 0 Å². The van der Waals surface area contributed by atoms with Crippen LogP contribution in [0.5, 0.6) is 0 Å². The third-order valence-electron chi connectivity index (χ3n) is 3.40. The highest BCUT2D eigenvalue weighted by Gasteiger charge is 2.31. The van der Waals surface area contributed by atoms with Gasteiger partial charge in [0, 0.05) is 25.8 Å². The first-order valence-corrected chi connectivity index (χ1v) is 8.21. The molecule has 108 valence electrons. The molecular weight excluding hydrogens is 264 g/mol. The van der Waals surface area contributed by atoms with E-state index in [2.05, 4.69) is 17.3 Å². The Balaban J connectivity index is 2.04. The van der Waals surface area contributed by atoms with Crippen molar-refractivity contribution >= 4 is 10.0 Å². The molecular formula is C12H22N4O2S. The van der Waals surface area contributed by atoms with Gasteiger partial charge >= 0.3 is 0 Å². The number of likely N-dealkylation sites (N-methyl/N-ethyl adjacent to an activating group) is 1. The maximum absolute atomic E-state index is 12.4. The van der Waals surface area contributed by atoms with Gasteiger partial charge in [0.2, 0.25) is 10.0 Å². The van der Waals surface area contributed by atoms with Crippen LogP contribution in [0.15, 0.2) is 17.3 Å². The van der Waals surface area contributed by atoms with E-state index in [0.29, 0.717) is 30.4 Å². The van der Waals surface area contributed by atoms with E-state index in [1.54, 1.807) is 15.2 Å². The topological polar surface area (TPSA) is 67.2 Å². The molecule has 1 N–H and O–H groups in total. The van der Waals surface area contributed by atoms with Crippen molar-refractivity contribution in [2.45, 2.75) is 31.7 Å². The van der Waals surface area contributed by atoms with E-state index in [4.69, 9.17) is 0 Å². The Kier molecular flexibility index (Phi) is 4.59. The summed E-state index contributed by atoms with van der Waals surface area (Å²) in [6, 6.07) is 0. The molecule has 0 saturated carbocycles. The number of sulfonamides is 1. The first-order valence-electron chi connectivity index (χ1n) is 6.77. The Morgan fingerprint density at radius 2 is 2.32 bits per heavy atom. The summed E-state index contributed by atoms with van der Waals surface area (Å²) in [5.74, 6) is 0.443. The van der Waals surface area contributed by atoms with Crippen LogP contribution in [0, 0.1) is 5.92 Å². The summed E-state index contributed by atoms with van der Waals surface area (Å²) >= 11 is 0. The fraction of sp³-hybridized carbons (Fsp3) is 0.750. The first kappa shape index (κ1) is 14.5. The third-order valence-corrected chi connectivity index (χ3v) is 5.22. The molecule has 2 heterocycles. The normalized spacial score (nSPS) is 21.1. The fourth-order valence-electron chi connectivity index (χ4n) is 2.23. The summed E-state index contributed by atoms with van der Waals surface area (Å²) in [5, 5.41) is 7.30. The molecule has 0 aliphatic carbocycles. The Morgan fingerprint density at radius 3 is 2.95 bits per heavy atom. The van der Waals surface area contributed by atoms with E-state index in [-0.39, 0.29) is 0 Å². The summed E-state index contributed by atoms with van der Waals surface area (Å²) in [6.07, 6.45) is 4.01. The minimum absolute atomic E-state index is 0.304. The number of nitrogens with zero attached hydrogens (tertiary/aromatic N) is 3. The molecule has 6 nitrogen and oxygen atoms in total. The molecule has 0 bridgehead atoms. The monoisotopic (exact) mass is 286 g/mol. The molecule has 1 saturated heterocycles. The smallest absolute Gasteiger partial charge is 0.246 e. The van der Waals surface area contributed by atoms with Crippen LogP contribution < -0.4 is 5.32 Å². The minimum atomic E-state index is -3.35. The van der Waals surface area contributed by atoms with Crippen LogP contribution >= 0.6 is 0 Å². The molecule has 0 aromatic carbocycles. The van der Waals surface area contributed by atoms with E-state index in [1.807, 2.05) is 6.92 Å². The van der Waals surface area contributed by atoms with Crippen molar-refractivity contribution in [3.8, 4) is 0 Å². The lowest BCUT2D eigenvalue weighted by Crippen LogP contribution is -2.28. The summed E-state index contributed by atoms with van der Waals surface area (Å²) in [5.41, 5.74) is 0. The average molecular weight is 286 g/mol. The molecule has 1 aliphatic heterocycles. The van der Waals surface area contributed by atoms with Gasteiger partial charge in [-0.3, -0.25) is 4.68 Å². The number of aromatic nitrogens is 2. The Morgan fingerprint density at radius 1 is 1.53 bits per heavy atom. The summed E-state index contributed by atoms with van der Waals surface area (Å²) in [4.78, 5) is 0.304. The summed E-state index contributed by atoms with van der Waals surface area (Å²) in [6.45, 7) is 7.72. The molecule has 1 aliphatic rings. The zero-order valence-electron chi connectivity index (χ0n) is 11.5. The van der Waals surface area contributed by atoms with E-state index in [0.717, 1.165) is 19.5 Å². The Labute approximate surface area is 114 Å². The quantitative estimate of drug-likeness (QED) is 0.774. The van der Waals surface area contributed by atoms with Crippen molar-refractivity contribution in [2.75, 3.05) is 26.2 Å². The second-order valence-corrected chi connectivity index (χ2v) is 6.99. The van der Waals surface area contributed by atoms with Crippen molar-refractivity contribution in [3.63, 3.8) is 0 Å². The van der Waals surface area contributed by atoms with Gasteiger partial charge in [0.25, 0.3) is 0 Å². The van der Waals surface area contributed by atoms with Gasteiger partial charge in [-0.25, -0.2) is 8.42 Å². The maximum Gasteiger partial charge on any atom is 0.246 e. The highest BCUT2D eigenvalue weighted by Crippen LogP contribution is 2.23. The van der Waals surface area contributed by atoms with Crippen molar-refractivity contribution in [3.05, 3.63) is 12.4 Å². The van der Waals surface area contributed by atoms with Crippen LogP contribution in [-0.2, 0) is 16.6 Å². The van der Waals surface area contributed by atoms with Crippen molar-refractivity contribution < 1.29 is 8.42 Å². The van der Waals surface area contributed by atoms with Crippen LogP contribution in [0.25, 0.3) is 0 Å². The third kappa shape index (κ3) is 3.34. The van der Waals surface area contributed by atoms with Gasteiger partial charge in [0.15, 0.2) is 0 Å². The lowest BCUT2D eigenvalue weighted by atomic mass is 10.2. The van der Waals surface area contributed by atoms with Gasteiger partial charge in [-0.1, -0.05) is 13.8 Å². The van der Waals surface area contributed by atoms with E-state index in [1.165, 1.54) is 6.20 Å². The average Bonchev–Trinajstić information content (AvgIpc) is 2.99. The van der Waals surface area contributed by atoms with Gasteiger partial charge in [-0.05, 0) is 18.9 Å². The molecule has 0 spiro atoms. The van der Waals surface area contributed by atoms with Gasteiger partial charge in [-0.15, -0.1) is 0 Å². The molecule has 7 heteroatoms. The molecule has 1 aromatic heterocycles. The SMILES string of the molecule is CCNCCn1cc(S(=O)(=O)N2CCC(C)C2)cn1. The van der Waals surface area contributed by atoms with Gasteiger partial charge in [0.05, 0.1) is 12.7 Å². The summed E-state index contributed by atoms with van der Waals surface area (Å²) < 4.78 is 28.0. The molecule has 2 rings (SSSR count). The highest BCUT2D eigenvalue weighted by atomic mass is 32.2. The van der Waals surface area contributed by atoms with Crippen molar-refractivity contribution in [1.82, 2.24) is 19.4 Å². The largest absolute Gasteiger partial charge is 0.315 e. The minimum Gasteiger partial charge on any atom is -0.315 e. The molecule has 0 radical (unpaired) electrons. The molecule has 0 amide bonds. The van der Waals surface area contributed by atoms with E-state index >= 15 is 0 Å².